The van der Waals surface area contributed by atoms with Gasteiger partial charge in [0.15, 0.2) is 0 Å². The van der Waals surface area contributed by atoms with E-state index in [2.05, 4.69) is 63.1 Å². The molecule has 2 saturated heterocycles. The highest BCUT2D eigenvalue weighted by Gasteiger charge is 2.38. The van der Waals surface area contributed by atoms with Crippen LogP contribution in [0.1, 0.15) is 57.0 Å². The molecule has 0 bridgehead atoms. The number of benzene rings is 2. The number of carbonyl (C=O) groups is 2. The number of fused-ring (bicyclic) bond motifs is 1. The number of carbonyl (C=O) groups excluding carboxylic acids is 2. The highest BCUT2D eigenvalue weighted by atomic mass is 16.5. The number of hydrogen-bond donors (Lipinski definition) is 3. The van der Waals surface area contributed by atoms with Gasteiger partial charge in [0.1, 0.15) is 11.9 Å². The quantitative estimate of drug-likeness (QED) is 0.373. The van der Waals surface area contributed by atoms with Crippen molar-refractivity contribution in [3.05, 3.63) is 60.0 Å². The van der Waals surface area contributed by atoms with Gasteiger partial charge in [0.2, 0.25) is 5.91 Å². The lowest BCUT2D eigenvalue weighted by molar-refractivity contribution is -0.134. The summed E-state index contributed by atoms with van der Waals surface area (Å²) >= 11 is 0. The topological polar surface area (TPSA) is 112 Å². The largest absolute Gasteiger partial charge is 0.453 e. The molecular formula is C32H38N6O3. The fourth-order valence-corrected chi connectivity index (χ4v) is 6.25. The Balaban J connectivity index is 1.17. The van der Waals surface area contributed by atoms with E-state index in [9.17, 15) is 9.59 Å². The minimum absolute atomic E-state index is 0.0564. The van der Waals surface area contributed by atoms with Gasteiger partial charge < -0.3 is 25.3 Å². The molecule has 9 heteroatoms. The van der Waals surface area contributed by atoms with Crippen LogP contribution in [0, 0.1) is 5.92 Å². The molecule has 2 aromatic carbocycles. The molecule has 3 N–H and O–H groups in total. The van der Waals surface area contributed by atoms with E-state index < -0.39 is 12.1 Å². The fraction of sp³-hybridized carbons (Fsp3) is 0.438. The maximum Gasteiger partial charge on any atom is 0.407 e. The summed E-state index contributed by atoms with van der Waals surface area (Å²) in [6, 6.07) is 14.6. The zero-order valence-electron chi connectivity index (χ0n) is 23.9. The third-order valence-corrected chi connectivity index (χ3v) is 8.55. The van der Waals surface area contributed by atoms with Gasteiger partial charge in [-0.1, -0.05) is 50.2 Å². The lowest BCUT2D eigenvalue weighted by Gasteiger charge is -2.30. The number of alkyl carbamates (subject to hydrolysis) is 1. The van der Waals surface area contributed by atoms with Crippen LogP contribution < -0.4 is 10.6 Å². The van der Waals surface area contributed by atoms with E-state index in [1.165, 1.54) is 19.1 Å². The average Bonchev–Trinajstić information content (AvgIpc) is 3.80. The fourth-order valence-electron chi connectivity index (χ4n) is 6.25. The number of ether oxygens (including phenoxy) is 1. The highest BCUT2D eigenvalue weighted by molar-refractivity contribution is 6.01. The van der Waals surface area contributed by atoms with Crippen LogP contribution in [0.4, 0.5) is 10.5 Å². The molecule has 214 valence electrons. The molecule has 0 saturated carbocycles. The summed E-state index contributed by atoms with van der Waals surface area (Å²) in [5.41, 5.74) is 7.55. The first-order valence-electron chi connectivity index (χ1n) is 14.7. The predicted octanol–water partition coefficient (Wildman–Crippen LogP) is 5.17. The van der Waals surface area contributed by atoms with E-state index in [0.717, 1.165) is 71.8 Å². The lowest BCUT2D eigenvalue weighted by atomic mass is 9.98. The van der Waals surface area contributed by atoms with E-state index >= 15 is 0 Å². The predicted molar refractivity (Wildman–Crippen MR) is 159 cm³/mol. The Kier molecular flexibility index (Phi) is 7.62. The molecule has 0 spiro atoms. The summed E-state index contributed by atoms with van der Waals surface area (Å²) in [7, 11) is 1.31. The Bertz CT molecular complexity index is 1450. The molecule has 3 aliphatic rings. The molecule has 41 heavy (non-hydrogen) atoms. The summed E-state index contributed by atoms with van der Waals surface area (Å²) < 4.78 is 4.76. The molecule has 3 atom stereocenters. The number of imidazole rings is 1. The van der Waals surface area contributed by atoms with Crippen LogP contribution in [0.3, 0.4) is 0 Å². The molecule has 0 unspecified atom stereocenters. The zero-order chi connectivity index (χ0) is 28.5. The second kappa shape index (κ2) is 11.5. The van der Waals surface area contributed by atoms with Crippen molar-refractivity contribution in [2.24, 2.45) is 10.9 Å². The van der Waals surface area contributed by atoms with Crippen LogP contribution in [0.5, 0.6) is 0 Å². The maximum absolute atomic E-state index is 13.5. The van der Waals surface area contributed by atoms with E-state index in [1.54, 1.807) is 0 Å². The van der Waals surface area contributed by atoms with Gasteiger partial charge in [0, 0.05) is 18.7 Å². The normalized spacial score (nSPS) is 20.7. The van der Waals surface area contributed by atoms with Crippen molar-refractivity contribution in [2.45, 2.75) is 64.1 Å². The van der Waals surface area contributed by atoms with Gasteiger partial charge in [-0.05, 0) is 66.5 Å². The lowest BCUT2D eigenvalue weighted by Crippen LogP contribution is -2.53. The van der Waals surface area contributed by atoms with Crippen molar-refractivity contribution in [1.29, 1.82) is 0 Å². The SMILES string of the molecule is COC(=O)N[C@H](C(=O)N1CCC[C@H]1C1=Nc2cc(-c3ccc(-c4cnc([C@@H]5CCCN5)[nH]4)cc3)ccc2C1)C(C)C. The summed E-state index contributed by atoms with van der Waals surface area (Å²) in [6.45, 7) is 5.57. The van der Waals surface area contributed by atoms with Crippen LogP contribution >= 0.6 is 0 Å². The Labute approximate surface area is 240 Å². The Morgan fingerprint density at radius 3 is 2.56 bits per heavy atom. The van der Waals surface area contributed by atoms with Crippen LogP contribution in [0.15, 0.2) is 53.7 Å². The van der Waals surface area contributed by atoms with Crippen molar-refractivity contribution in [2.75, 3.05) is 20.2 Å². The Morgan fingerprint density at radius 2 is 1.83 bits per heavy atom. The van der Waals surface area contributed by atoms with Crippen LogP contribution in [0.2, 0.25) is 0 Å². The van der Waals surface area contributed by atoms with Gasteiger partial charge in [0.25, 0.3) is 0 Å². The highest BCUT2D eigenvalue weighted by Crippen LogP contribution is 2.36. The van der Waals surface area contributed by atoms with E-state index in [-0.39, 0.29) is 17.9 Å². The molecule has 2 amide bonds. The first kappa shape index (κ1) is 27.2. The van der Waals surface area contributed by atoms with Gasteiger partial charge in [0.05, 0.1) is 36.8 Å². The number of aliphatic imine (C=N–C) groups is 1. The first-order chi connectivity index (χ1) is 19.9. The van der Waals surface area contributed by atoms with Crippen LogP contribution in [0.25, 0.3) is 22.4 Å². The molecule has 4 heterocycles. The van der Waals surface area contributed by atoms with E-state index in [4.69, 9.17) is 9.73 Å². The van der Waals surface area contributed by atoms with Crippen molar-refractivity contribution in [3.63, 3.8) is 0 Å². The first-order valence-corrected chi connectivity index (χ1v) is 14.7. The van der Waals surface area contributed by atoms with Gasteiger partial charge in [-0.2, -0.15) is 0 Å². The monoisotopic (exact) mass is 554 g/mol. The number of H-pyrrole nitrogens is 1. The Hall–Kier alpha value is -3.98. The second-order valence-corrected chi connectivity index (χ2v) is 11.6. The third-order valence-electron chi connectivity index (χ3n) is 8.55. The van der Waals surface area contributed by atoms with E-state index in [1.807, 2.05) is 24.9 Å². The molecule has 0 aliphatic carbocycles. The van der Waals surface area contributed by atoms with Crippen molar-refractivity contribution in [3.8, 4) is 22.4 Å². The number of methoxy groups -OCH3 is 1. The summed E-state index contributed by atoms with van der Waals surface area (Å²) in [6.07, 6.45) is 6.17. The zero-order valence-corrected chi connectivity index (χ0v) is 23.9. The van der Waals surface area contributed by atoms with Crippen LogP contribution in [-0.4, -0.2) is 64.9 Å². The molecule has 9 nitrogen and oxygen atoms in total. The van der Waals surface area contributed by atoms with Crippen LogP contribution in [-0.2, 0) is 16.0 Å². The van der Waals surface area contributed by atoms with Gasteiger partial charge in [-0.15, -0.1) is 0 Å². The van der Waals surface area contributed by atoms with Gasteiger partial charge in [-0.3, -0.25) is 9.79 Å². The van der Waals surface area contributed by atoms with Crippen molar-refractivity contribution >= 4 is 23.4 Å². The van der Waals surface area contributed by atoms with Gasteiger partial charge >= 0.3 is 6.09 Å². The molecule has 0 radical (unpaired) electrons. The van der Waals surface area contributed by atoms with E-state index in [0.29, 0.717) is 12.6 Å². The number of nitrogens with zero attached hydrogens (tertiary/aromatic N) is 3. The molecule has 3 aliphatic heterocycles. The standard InChI is InChI=1S/C32H38N6O3/c1-19(2)29(37-32(40)41-3)31(39)38-15-5-7-28(38)26-17-23-13-12-22(16-25(23)35-26)20-8-10-21(11-9-20)27-18-34-30(36-27)24-6-4-14-33-24/h8-13,16,18-19,24,28-29,33H,4-7,14-15,17H2,1-3H3,(H,34,36)(H,37,40)/t24-,28-,29-/m0/s1. The summed E-state index contributed by atoms with van der Waals surface area (Å²) in [5.74, 6) is 0.881. The van der Waals surface area contributed by atoms with Crippen molar-refractivity contribution in [1.82, 2.24) is 25.5 Å². The van der Waals surface area contributed by atoms with Gasteiger partial charge in [-0.25, -0.2) is 9.78 Å². The Morgan fingerprint density at radius 1 is 1.05 bits per heavy atom. The number of likely N-dealkylation sites (tertiary alicyclic amines) is 1. The summed E-state index contributed by atoms with van der Waals surface area (Å²) in [5, 5.41) is 6.22. The number of rotatable bonds is 7. The molecule has 3 aromatic rings. The molecule has 6 rings (SSSR count). The molecule has 1 aromatic heterocycles. The smallest absolute Gasteiger partial charge is 0.407 e. The average molecular weight is 555 g/mol. The molecular weight excluding hydrogens is 516 g/mol. The number of aromatic nitrogens is 2. The number of nitrogens with one attached hydrogen (secondary N) is 3. The number of aromatic amines is 1. The minimum atomic E-state index is -0.630. The number of amides is 2. The summed E-state index contributed by atoms with van der Waals surface area (Å²) in [4.78, 5) is 40.4. The second-order valence-electron chi connectivity index (χ2n) is 11.6. The number of hydrogen-bond acceptors (Lipinski definition) is 6. The minimum Gasteiger partial charge on any atom is -0.453 e. The maximum atomic E-state index is 13.5. The molecule has 2 fully saturated rings. The van der Waals surface area contributed by atoms with Crippen molar-refractivity contribution < 1.29 is 14.3 Å². The third kappa shape index (κ3) is 5.51.